The highest BCUT2D eigenvalue weighted by Gasteiger charge is 2.22. The summed E-state index contributed by atoms with van der Waals surface area (Å²) >= 11 is 0. The van der Waals surface area contributed by atoms with E-state index in [-0.39, 0.29) is 0 Å². The van der Waals surface area contributed by atoms with Crippen molar-refractivity contribution in [1.29, 1.82) is 0 Å². The predicted molar refractivity (Wildman–Crippen MR) is 75.8 cm³/mol. The van der Waals surface area contributed by atoms with Crippen molar-refractivity contribution in [3.05, 3.63) is 30.6 Å². The first-order valence-electron chi connectivity index (χ1n) is 6.98. The minimum atomic E-state index is 0.362. The van der Waals surface area contributed by atoms with E-state index in [0.717, 1.165) is 24.2 Å². The van der Waals surface area contributed by atoms with E-state index in [1.165, 1.54) is 12.8 Å². The maximum atomic E-state index is 5.48. The van der Waals surface area contributed by atoms with Gasteiger partial charge < -0.3 is 10.1 Å². The van der Waals surface area contributed by atoms with Gasteiger partial charge >= 0.3 is 0 Å². The summed E-state index contributed by atoms with van der Waals surface area (Å²) in [5, 5.41) is 15.0. The first-order valence-corrected chi connectivity index (χ1v) is 6.98. The van der Waals surface area contributed by atoms with Gasteiger partial charge in [0, 0.05) is 13.2 Å². The highest BCUT2D eigenvalue weighted by atomic mass is 16.5. The summed E-state index contributed by atoms with van der Waals surface area (Å²) in [4.78, 5) is 0. The Kier molecular flexibility index (Phi) is 3.92. The average Bonchev–Trinajstić information content (AvgIpc) is 3.02. The molecule has 1 N–H and O–H groups in total. The molecule has 1 fully saturated rings. The predicted octanol–water partition coefficient (Wildman–Crippen LogP) is 2.03. The molecule has 6 nitrogen and oxygen atoms in total. The fourth-order valence-corrected chi connectivity index (χ4v) is 2.78. The van der Waals surface area contributed by atoms with Gasteiger partial charge in [0.1, 0.15) is 6.33 Å². The van der Waals surface area contributed by atoms with Crippen molar-refractivity contribution < 1.29 is 4.74 Å². The molecule has 1 saturated carbocycles. The number of benzene rings is 1. The minimum absolute atomic E-state index is 0.362. The van der Waals surface area contributed by atoms with Crippen LogP contribution in [0.15, 0.2) is 30.6 Å². The van der Waals surface area contributed by atoms with Crippen molar-refractivity contribution in [3.8, 4) is 5.69 Å². The summed E-state index contributed by atoms with van der Waals surface area (Å²) < 4.78 is 7.16. The minimum Gasteiger partial charge on any atom is -0.381 e. The Balaban J connectivity index is 1.77. The van der Waals surface area contributed by atoms with Crippen molar-refractivity contribution in [2.75, 3.05) is 12.4 Å². The Morgan fingerprint density at radius 1 is 1.30 bits per heavy atom. The summed E-state index contributed by atoms with van der Waals surface area (Å²) in [6, 6.07) is 8.52. The molecule has 6 heteroatoms. The third-order valence-corrected chi connectivity index (χ3v) is 3.82. The number of nitrogens with one attached hydrogen (secondary N) is 1. The van der Waals surface area contributed by atoms with E-state index in [0.29, 0.717) is 12.1 Å². The Morgan fingerprint density at radius 2 is 2.20 bits per heavy atom. The van der Waals surface area contributed by atoms with Crippen LogP contribution in [0.1, 0.15) is 25.7 Å². The molecule has 0 radical (unpaired) electrons. The number of aromatic nitrogens is 4. The summed E-state index contributed by atoms with van der Waals surface area (Å²) in [7, 11) is 1.79. The maximum absolute atomic E-state index is 5.48. The van der Waals surface area contributed by atoms with Crippen LogP contribution in [-0.4, -0.2) is 39.5 Å². The van der Waals surface area contributed by atoms with E-state index in [1.807, 2.05) is 18.2 Å². The summed E-state index contributed by atoms with van der Waals surface area (Å²) in [5.74, 6) is 0. The molecule has 2 atom stereocenters. The molecular formula is C14H19N5O. The quantitative estimate of drug-likeness (QED) is 0.923. The van der Waals surface area contributed by atoms with Crippen LogP contribution in [0.5, 0.6) is 0 Å². The fourth-order valence-electron chi connectivity index (χ4n) is 2.78. The lowest BCUT2D eigenvalue weighted by Gasteiger charge is -2.30. The summed E-state index contributed by atoms with van der Waals surface area (Å²) in [6.45, 7) is 0. The molecule has 1 aromatic heterocycles. The number of hydrogen-bond donors (Lipinski definition) is 1. The van der Waals surface area contributed by atoms with Crippen molar-refractivity contribution >= 4 is 5.69 Å². The molecule has 1 heterocycles. The summed E-state index contributed by atoms with van der Waals surface area (Å²) in [5.41, 5.74) is 2.03. The third kappa shape index (κ3) is 2.80. The molecule has 0 spiro atoms. The van der Waals surface area contributed by atoms with E-state index < -0.39 is 0 Å². The van der Waals surface area contributed by atoms with Crippen LogP contribution in [0, 0.1) is 0 Å². The number of para-hydroxylation sites is 2. The van der Waals surface area contributed by atoms with Crippen molar-refractivity contribution in [2.45, 2.75) is 37.8 Å². The van der Waals surface area contributed by atoms with Gasteiger partial charge in [0.25, 0.3) is 0 Å². The third-order valence-electron chi connectivity index (χ3n) is 3.82. The number of methoxy groups -OCH3 is 1. The lowest BCUT2D eigenvalue weighted by Crippen LogP contribution is -2.31. The van der Waals surface area contributed by atoms with Gasteiger partial charge in [-0.05, 0) is 48.2 Å². The molecule has 20 heavy (non-hydrogen) atoms. The molecule has 0 amide bonds. The van der Waals surface area contributed by atoms with Gasteiger partial charge in [-0.1, -0.05) is 12.1 Å². The van der Waals surface area contributed by atoms with E-state index in [9.17, 15) is 0 Å². The zero-order chi connectivity index (χ0) is 13.8. The normalized spacial score (nSPS) is 22.6. The van der Waals surface area contributed by atoms with E-state index >= 15 is 0 Å². The molecule has 1 aromatic carbocycles. The second-order valence-electron chi connectivity index (χ2n) is 5.14. The topological polar surface area (TPSA) is 64.9 Å². The summed E-state index contributed by atoms with van der Waals surface area (Å²) in [6.07, 6.45) is 6.54. The number of ether oxygens (including phenoxy) is 1. The van der Waals surface area contributed by atoms with Crippen molar-refractivity contribution in [1.82, 2.24) is 20.2 Å². The molecular weight excluding hydrogens is 254 g/mol. The van der Waals surface area contributed by atoms with Gasteiger partial charge in [0.2, 0.25) is 0 Å². The van der Waals surface area contributed by atoms with Crippen molar-refractivity contribution in [2.24, 2.45) is 0 Å². The molecule has 1 aliphatic carbocycles. The van der Waals surface area contributed by atoms with E-state index in [4.69, 9.17) is 4.74 Å². The molecule has 0 saturated heterocycles. The van der Waals surface area contributed by atoms with Gasteiger partial charge in [0.15, 0.2) is 0 Å². The lowest BCUT2D eigenvalue weighted by atomic mass is 9.92. The first-order chi connectivity index (χ1) is 9.86. The lowest BCUT2D eigenvalue weighted by molar-refractivity contribution is 0.0669. The highest BCUT2D eigenvalue weighted by molar-refractivity contribution is 5.60. The van der Waals surface area contributed by atoms with E-state index in [1.54, 1.807) is 18.1 Å². The van der Waals surface area contributed by atoms with Crippen LogP contribution in [0.4, 0.5) is 5.69 Å². The number of anilines is 1. The average molecular weight is 273 g/mol. The number of nitrogens with zero attached hydrogens (tertiary/aromatic N) is 4. The smallest absolute Gasteiger partial charge is 0.143 e. The van der Waals surface area contributed by atoms with Gasteiger partial charge in [-0.2, -0.15) is 4.68 Å². The van der Waals surface area contributed by atoms with Gasteiger partial charge in [-0.3, -0.25) is 0 Å². The molecule has 106 valence electrons. The Hall–Kier alpha value is -1.95. The Morgan fingerprint density at radius 3 is 3.00 bits per heavy atom. The standard InChI is InChI=1S/C14H19N5O/c1-20-12-6-4-5-11(9-12)16-13-7-2-3-8-14(13)19-10-15-17-18-19/h2-3,7-8,10-12,16H,4-6,9H2,1H3. The monoisotopic (exact) mass is 273 g/mol. The zero-order valence-electron chi connectivity index (χ0n) is 11.6. The van der Waals surface area contributed by atoms with Gasteiger partial charge in [-0.25, -0.2) is 0 Å². The number of tetrazole rings is 1. The molecule has 2 unspecified atom stereocenters. The van der Waals surface area contributed by atoms with Crippen LogP contribution < -0.4 is 5.32 Å². The van der Waals surface area contributed by atoms with Gasteiger partial charge in [-0.15, -0.1) is 5.10 Å². The van der Waals surface area contributed by atoms with Crippen molar-refractivity contribution in [3.63, 3.8) is 0 Å². The molecule has 2 aromatic rings. The largest absolute Gasteiger partial charge is 0.381 e. The molecule has 1 aliphatic rings. The van der Waals surface area contributed by atoms with E-state index in [2.05, 4.69) is 26.9 Å². The van der Waals surface area contributed by atoms with Crippen LogP contribution in [0.3, 0.4) is 0 Å². The maximum Gasteiger partial charge on any atom is 0.143 e. The second kappa shape index (κ2) is 6.00. The number of hydrogen-bond acceptors (Lipinski definition) is 5. The SMILES string of the molecule is COC1CCCC(Nc2ccccc2-n2cnnn2)C1. The van der Waals surface area contributed by atoms with Crippen LogP contribution in [-0.2, 0) is 4.74 Å². The van der Waals surface area contributed by atoms with Gasteiger partial charge in [0.05, 0.1) is 17.5 Å². The Bertz CT molecular complexity index is 542. The highest BCUT2D eigenvalue weighted by Crippen LogP contribution is 2.26. The van der Waals surface area contributed by atoms with Crippen LogP contribution in [0.25, 0.3) is 5.69 Å². The molecule has 0 aliphatic heterocycles. The number of rotatable bonds is 4. The fraction of sp³-hybridized carbons (Fsp3) is 0.500. The molecule has 0 bridgehead atoms. The van der Waals surface area contributed by atoms with Crippen LogP contribution in [0.2, 0.25) is 0 Å². The second-order valence-corrected chi connectivity index (χ2v) is 5.14. The molecule has 3 rings (SSSR count). The Labute approximate surface area is 118 Å². The first kappa shape index (κ1) is 13.1. The zero-order valence-corrected chi connectivity index (χ0v) is 11.6. The van der Waals surface area contributed by atoms with Crippen LogP contribution >= 0.6 is 0 Å².